The van der Waals surface area contributed by atoms with Gasteiger partial charge in [-0.15, -0.1) is 0 Å². The number of piperidine rings is 1. The fraction of sp³-hybridized carbons (Fsp3) is 0.533. The van der Waals surface area contributed by atoms with Gasteiger partial charge in [-0.25, -0.2) is 0 Å². The smallest absolute Gasteiger partial charge is 0.142 e. The second-order valence-electron chi connectivity index (χ2n) is 5.52. The molecule has 0 radical (unpaired) electrons. The highest BCUT2D eigenvalue weighted by atomic mass is 16.3. The van der Waals surface area contributed by atoms with E-state index in [4.69, 9.17) is 0 Å². The van der Waals surface area contributed by atoms with Crippen molar-refractivity contribution in [1.29, 1.82) is 0 Å². The minimum Gasteiger partial charge on any atom is -0.388 e. The van der Waals surface area contributed by atoms with Gasteiger partial charge in [0.2, 0.25) is 0 Å². The van der Waals surface area contributed by atoms with E-state index < -0.39 is 6.10 Å². The van der Waals surface area contributed by atoms with Gasteiger partial charge in [0.15, 0.2) is 0 Å². The van der Waals surface area contributed by atoms with Gasteiger partial charge in [0, 0.05) is 18.5 Å². The third kappa shape index (κ3) is 1.78. The molecule has 2 aliphatic rings. The molecule has 1 aromatic rings. The first-order valence-electron chi connectivity index (χ1n) is 6.66. The Morgan fingerprint density at radius 3 is 2.72 bits per heavy atom. The predicted octanol–water partition coefficient (Wildman–Crippen LogP) is 1.77. The van der Waals surface area contributed by atoms with Crippen LogP contribution in [0.3, 0.4) is 0 Å². The molecule has 4 atom stereocenters. The van der Waals surface area contributed by atoms with Crippen LogP contribution in [-0.2, 0) is 4.79 Å². The lowest BCUT2D eigenvalue weighted by molar-refractivity contribution is -0.134. The normalized spacial score (nSPS) is 33.7. The maximum atomic E-state index is 12.2. The maximum Gasteiger partial charge on any atom is 0.142 e. The van der Waals surface area contributed by atoms with Crippen LogP contribution in [0.5, 0.6) is 0 Å². The van der Waals surface area contributed by atoms with Crippen molar-refractivity contribution >= 4 is 5.78 Å². The summed E-state index contributed by atoms with van der Waals surface area (Å²) in [5.41, 5.74) is 0.856. The first kappa shape index (κ1) is 11.9. The van der Waals surface area contributed by atoms with Gasteiger partial charge < -0.3 is 5.11 Å². The van der Waals surface area contributed by atoms with Crippen molar-refractivity contribution < 1.29 is 9.90 Å². The van der Waals surface area contributed by atoms with Crippen LogP contribution in [-0.4, -0.2) is 34.9 Å². The van der Waals surface area contributed by atoms with Gasteiger partial charge >= 0.3 is 0 Å². The number of carbonyl (C=O) groups is 1. The van der Waals surface area contributed by atoms with E-state index in [2.05, 4.69) is 11.9 Å². The van der Waals surface area contributed by atoms with Crippen LogP contribution in [0, 0.1) is 5.92 Å². The highest BCUT2D eigenvalue weighted by Gasteiger charge is 2.47. The highest BCUT2D eigenvalue weighted by molar-refractivity contribution is 5.84. The van der Waals surface area contributed by atoms with Gasteiger partial charge in [0.25, 0.3) is 0 Å². The average molecular weight is 245 g/mol. The predicted molar refractivity (Wildman–Crippen MR) is 69.1 cm³/mol. The van der Waals surface area contributed by atoms with Crippen molar-refractivity contribution in [3.63, 3.8) is 0 Å². The minimum atomic E-state index is -0.662. The van der Waals surface area contributed by atoms with E-state index in [0.717, 1.165) is 18.4 Å². The molecule has 3 rings (SSSR count). The van der Waals surface area contributed by atoms with Crippen LogP contribution in [0.1, 0.15) is 30.9 Å². The first-order chi connectivity index (χ1) is 8.68. The zero-order valence-electron chi connectivity index (χ0n) is 10.6. The Morgan fingerprint density at radius 2 is 2.00 bits per heavy atom. The maximum absolute atomic E-state index is 12.2. The fourth-order valence-corrected chi connectivity index (χ4v) is 3.55. The largest absolute Gasteiger partial charge is 0.388 e. The number of benzene rings is 1. The molecule has 2 fully saturated rings. The summed E-state index contributed by atoms with van der Waals surface area (Å²) in [6.07, 6.45) is 2.05. The van der Waals surface area contributed by atoms with E-state index in [1.165, 1.54) is 0 Å². The zero-order valence-corrected chi connectivity index (χ0v) is 10.6. The van der Waals surface area contributed by atoms with Crippen molar-refractivity contribution in [1.82, 2.24) is 4.90 Å². The average Bonchev–Trinajstić information content (AvgIpc) is 2.63. The number of fused-ring (bicyclic) bond motifs is 2. The second kappa shape index (κ2) is 4.48. The summed E-state index contributed by atoms with van der Waals surface area (Å²) in [5.74, 6) is -0.0203. The van der Waals surface area contributed by atoms with E-state index in [1.54, 1.807) is 0 Å². The lowest BCUT2D eigenvalue weighted by Gasteiger charge is -2.38. The molecule has 0 saturated carbocycles. The van der Waals surface area contributed by atoms with Crippen LogP contribution in [0.15, 0.2) is 30.3 Å². The molecular weight excluding hydrogens is 226 g/mol. The number of hydrogen-bond donors (Lipinski definition) is 1. The number of ketones is 1. The van der Waals surface area contributed by atoms with Crippen molar-refractivity contribution in [2.75, 3.05) is 7.05 Å². The monoisotopic (exact) mass is 245 g/mol. The molecule has 3 heteroatoms. The van der Waals surface area contributed by atoms with Crippen LogP contribution < -0.4 is 0 Å². The number of nitrogens with zero attached hydrogens (tertiary/aromatic N) is 1. The Morgan fingerprint density at radius 1 is 1.28 bits per heavy atom. The molecular formula is C15H19NO2. The number of Topliss-reactive ketones (excluding diaryl/α,β-unsaturated/α-hetero) is 1. The molecule has 2 bridgehead atoms. The van der Waals surface area contributed by atoms with Gasteiger partial charge in [-0.1, -0.05) is 30.3 Å². The van der Waals surface area contributed by atoms with Gasteiger partial charge in [-0.05, 0) is 25.5 Å². The number of hydrogen-bond acceptors (Lipinski definition) is 3. The van der Waals surface area contributed by atoms with Gasteiger partial charge in [0.1, 0.15) is 5.78 Å². The summed E-state index contributed by atoms with van der Waals surface area (Å²) in [6, 6.07) is 10.2. The van der Waals surface area contributed by atoms with Crippen LogP contribution >= 0.6 is 0 Å². The molecule has 2 heterocycles. The van der Waals surface area contributed by atoms with E-state index in [1.807, 2.05) is 30.3 Å². The third-order valence-electron chi connectivity index (χ3n) is 4.60. The summed E-state index contributed by atoms with van der Waals surface area (Å²) in [6.45, 7) is 0. The van der Waals surface area contributed by atoms with Crippen LogP contribution in [0.4, 0.5) is 0 Å². The van der Waals surface area contributed by atoms with Crippen LogP contribution in [0.2, 0.25) is 0 Å². The molecule has 0 spiro atoms. The Bertz CT molecular complexity index is 445. The van der Waals surface area contributed by atoms with E-state index in [0.29, 0.717) is 12.5 Å². The molecule has 0 amide bonds. The van der Waals surface area contributed by atoms with Crippen molar-refractivity contribution in [3.05, 3.63) is 35.9 Å². The molecule has 4 unspecified atom stereocenters. The van der Waals surface area contributed by atoms with Crippen molar-refractivity contribution in [2.24, 2.45) is 5.92 Å². The zero-order chi connectivity index (χ0) is 12.7. The second-order valence-corrected chi connectivity index (χ2v) is 5.52. The van der Waals surface area contributed by atoms with E-state index in [9.17, 15) is 9.90 Å². The Labute approximate surface area is 107 Å². The van der Waals surface area contributed by atoms with Crippen LogP contribution in [0.25, 0.3) is 0 Å². The first-order valence-corrected chi connectivity index (χ1v) is 6.66. The SMILES string of the molecule is CN1C2CCC1C(C(O)c1ccccc1)C(=O)C2. The molecule has 1 N–H and O–H groups in total. The highest BCUT2D eigenvalue weighted by Crippen LogP contribution is 2.41. The van der Waals surface area contributed by atoms with Gasteiger partial charge in [0.05, 0.1) is 12.0 Å². The summed E-state index contributed by atoms with van der Waals surface area (Å²) < 4.78 is 0. The molecule has 96 valence electrons. The molecule has 0 aliphatic carbocycles. The fourth-order valence-electron chi connectivity index (χ4n) is 3.55. The number of aliphatic hydroxyl groups excluding tert-OH is 1. The number of rotatable bonds is 2. The summed E-state index contributed by atoms with van der Waals surface area (Å²) >= 11 is 0. The van der Waals surface area contributed by atoms with Gasteiger partial charge in [-0.2, -0.15) is 0 Å². The molecule has 3 nitrogen and oxygen atoms in total. The summed E-state index contributed by atoms with van der Waals surface area (Å²) in [4.78, 5) is 14.5. The number of aliphatic hydroxyl groups is 1. The lowest BCUT2D eigenvalue weighted by atomic mass is 9.82. The Balaban J connectivity index is 1.89. The summed E-state index contributed by atoms with van der Waals surface area (Å²) in [5, 5.41) is 10.5. The molecule has 1 aromatic carbocycles. The molecule has 2 aliphatic heterocycles. The van der Waals surface area contributed by atoms with E-state index in [-0.39, 0.29) is 17.7 Å². The molecule has 0 aromatic heterocycles. The third-order valence-corrected chi connectivity index (χ3v) is 4.60. The summed E-state index contributed by atoms with van der Waals surface area (Å²) in [7, 11) is 2.08. The minimum absolute atomic E-state index is 0.214. The number of carbonyl (C=O) groups excluding carboxylic acids is 1. The molecule has 2 saturated heterocycles. The lowest BCUT2D eigenvalue weighted by Crippen LogP contribution is -2.49. The van der Waals surface area contributed by atoms with Crippen molar-refractivity contribution in [3.8, 4) is 0 Å². The quantitative estimate of drug-likeness (QED) is 0.863. The standard InChI is InChI=1S/C15H19NO2/c1-16-11-7-8-12(16)14(13(17)9-11)15(18)10-5-3-2-4-6-10/h2-6,11-12,14-15,18H,7-9H2,1H3. The molecule has 18 heavy (non-hydrogen) atoms. The van der Waals surface area contributed by atoms with Crippen molar-refractivity contribution in [2.45, 2.75) is 37.5 Å². The Kier molecular flexibility index (Phi) is 2.96. The topological polar surface area (TPSA) is 40.5 Å². The Hall–Kier alpha value is -1.19. The van der Waals surface area contributed by atoms with Gasteiger partial charge in [-0.3, -0.25) is 9.69 Å². The van der Waals surface area contributed by atoms with E-state index >= 15 is 0 Å².